The maximum absolute atomic E-state index is 13.1. The van der Waals surface area contributed by atoms with Crippen LogP contribution in [-0.2, 0) is 43.9 Å². The van der Waals surface area contributed by atoms with Crippen LogP contribution in [0.1, 0.15) is 59.8 Å². The summed E-state index contributed by atoms with van der Waals surface area (Å²) < 4.78 is 0. The molecule has 169 valence electrons. The Hall–Kier alpha value is -1.82. The molecule has 0 unspecified atom stereocenters. The van der Waals surface area contributed by atoms with Crippen LogP contribution in [0.3, 0.4) is 0 Å². The first kappa shape index (κ1) is 30.2. The molecule has 2 aromatic carbocycles. The molecule has 0 saturated heterocycles. The monoisotopic (exact) mass is 526 g/mol. The van der Waals surface area contributed by atoms with Crippen LogP contribution >= 0.6 is 11.3 Å². The summed E-state index contributed by atoms with van der Waals surface area (Å²) in [7, 11) is 0. The third kappa shape index (κ3) is 8.27. The van der Waals surface area contributed by atoms with Crippen molar-refractivity contribution in [1.82, 2.24) is 4.98 Å². The van der Waals surface area contributed by atoms with Crippen LogP contribution in [0.25, 0.3) is 10.6 Å². The van der Waals surface area contributed by atoms with E-state index >= 15 is 0 Å². The molecule has 32 heavy (non-hydrogen) atoms. The van der Waals surface area contributed by atoms with Gasteiger partial charge >= 0.3 is 0 Å². The molecule has 0 saturated carbocycles. The number of benzene rings is 2. The van der Waals surface area contributed by atoms with Crippen LogP contribution in [0.4, 0.5) is 0 Å². The van der Waals surface area contributed by atoms with Crippen LogP contribution < -0.4 is 0 Å². The van der Waals surface area contributed by atoms with Crippen LogP contribution in [0, 0.1) is 26.2 Å². The number of hydrogen-bond donors (Lipinski definition) is 1. The summed E-state index contributed by atoms with van der Waals surface area (Å²) in [5.41, 5.74) is 4.42. The van der Waals surface area contributed by atoms with E-state index < -0.39 is 5.41 Å². The van der Waals surface area contributed by atoms with E-state index in [0.717, 1.165) is 33.0 Å². The fourth-order valence-electron chi connectivity index (χ4n) is 3.01. The van der Waals surface area contributed by atoms with Gasteiger partial charge in [-0.05, 0) is 18.9 Å². The van der Waals surface area contributed by atoms with Crippen molar-refractivity contribution < 1.29 is 47.4 Å². The molecule has 6 heteroatoms. The Balaban J connectivity index is 0.00000148. The van der Waals surface area contributed by atoms with Crippen LogP contribution in [0.15, 0.2) is 48.5 Å². The van der Waals surface area contributed by atoms with Gasteiger partial charge in [-0.1, -0.05) is 71.4 Å². The molecular formula is C26H31NO3SY-2. The molecule has 0 bridgehead atoms. The topological polar surface area (TPSA) is 67.3 Å². The zero-order chi connectivity index (χ0) is 23.6. The van der Waals surface area contributed by atoms with E-state index in [0.29, 0.717) is 12.9 Å². The molecule has 3 aromatic rings. The first-order valence-corrected chi connectivity index (χ1v) is 11.0. The zero-order valence-corrected chi connectivity index (χ0v) is 23.4. The molecule has 1 N–H and O–H groups in total. The standard InChI is InChI=1S/C23H24NOS.C2H6.CHO2.Y/c1-15-11-12-19(13-16(15)2)21(25)23(4,5)14-20-17(3)24-22(26-20)18-9-7-6-8-10-18;1-2;2-1-3;/h6-13H,1,14H2,2-5H3;1-2H3;(H,2,3);/q-1;;-1;. The first-order chi connectivity index (χ1) is 14.7. The number of nitrogens with zero attached hydrogens (tertiary/aromatic N) is 1. The van der Waals surface area contributed by atoms with Gasteiger partial charge in [0.15, 0.2) is 5.78 Å². The van der Waals surface area contributed by atoms with Crippen LogP contribution in [0.5, 0.6) is 0 Å². The molecule has 1 radical (unpaired) electrons. The van der Waals surface area contributed by atoms with Crippen LogP contribution in [-0.4, -0.2) is 22.3 Å². The van der Waals surface area contributed by atoms with Gasteiger partial charge in [-0.25, -0.2) is 4.98 Å². The summed E-state index contributed by atoms with van der Waals surface area (Å²) in [4.78, 5) is 27.2. The van der Waals surface area contributed by atoms with Gasteiger partial charge in [0, 0.05) is 48.6 Å². The number of carbonyl (C=O) groups excluding carboxylic acids is 1. The van der Waals surface area contributed by atoms with Crippen molar-refractivity contribution in [3.05, 3.63) is 82.7 Å². The Bertz CT molecular complexity index is 998. The smallest absolute Gasteiger partial charge is 0.166 e. The van der Waals surface area contributed by atoms with Crippen molar-refractivity contribution in [2.45, 2.75) is 48.0 Å². The minimum atomic E-state index is -0.486. The third-order valence-corrected chi connectivity index (χ3v) is 5.94. The minimum Gasteiger partial charge on any atom is -0.665 e. The normalized spacial score (nSPS) is 9.94. The first-order valence-electron chi connectivity index (χ1n) is 10.2. The van der Waals surface area contributed by atoms with E-state index in [4.69, 9.17) is 14.9 Å². The Morgan fingerprint density at radius 3 is 2.22 bits per heavy atom. The third-order valence-electron chi connectivity index (χ3n) is 4.74. The van der Waals surface area contributed by atoms with Crippen molar-refractivity contribution in [3.8, 4) is 10.6 Å². The van der Waals surface area contributed by atoms with E-state index in [9.17, 15) is 4.79 Å². The number of aryl methyl sites for hydroxylation is 2. The number of thiazole rings is 1. The van der Waals surface area contributed by atoms with Gasteiger partial charge in [0.1, 0.15) is 5.01 Å². The predicted octanol–water partition coefficient (Wildman–Crippen LogP) is 6.70. The molecule has 0 atom stereocenters. The summed E-state index contributed by atoms with van der Waals surface area (Å²) in [6.45, 7) is 16.5. The van der Waals surface area contributed by atoms with Gasteiger partial charge in [0.2, 0.25) is 0 Å². The summed E-state index contributed by atoms with van der Waals surface area (Å²) in [5.74, 6) is 0.162. The van der Waals surface area contributed by atoms with Crippen molar-refractivity contribution >= 4 is 23.6 Å². The van der Waals surface area contributed by atoms with Crippen molar-refractivity contribution in [2.75, 3.05) is 0 Å². The van der Waals surface area contributed by atoms with Crippen LogP contribution in [0.2, 0.25) is 0 Å². The summed E-state index contributed by atoms with van der Waals surface area (Å²) in [6, 6.07) is 15.9. The van der Waals surface area contributed by atoms with E-state index in [1.165, 1.54) is 4.88 Å². The maximum atomic E-state index is 13.1. The van der Waals surface area contributed by atoms with Crippen molar-refractivity contribution in [3.63, 3.8) is 0 Å². The minimum absolute atomic E-state index is 0. The van der Waals surface area contributed by atoms with E-state index in [1.54, 1.807) is 11.3 Å². The quantitative estimate of drug-likeness (QED) is 0.297. The van der Waals surface area contributed by atoms with Crippen molar-refractivity contribution in [1.29, 1.82) is 0 Å². The van der Waals surface area contributed by atoms with Gasteiger partial charge in [0.05, 0.1) is 5.69 Å². The van der Waals surface area contributed by atoms with E-state index in [1.807, 2.05) is 77.9 Å². The predicted molar refractivity (Wildman–Crippen MR) is 129 cm³/mol. The largest absolute Gasteiger partial charge is 0.665 e. The van der Waals surface area contributed by atoms with E-state index in [2.05, 4.69) is 19.1 Å². The molecule has 1 aromatic heterocycles. The zero-order valence-electron chi connectivity index (χ0n) is 19.7. The second-order valence-electron chi connectivity index (χ2n) is 7.52. The fourth-order valence-corrected chi connectivity index (χ4v) is 4.30. The second-order valence-corrected chi connectivity index (χ2v) is 8.60. The van der Waals surface area contributed by atoms with Crippen molar-refractivity contribution in [2.24, 2.45) is 5.41 Å². The molecule has 4 nitrogen and oxygen atoms in total. The van der Waals surface area contributed by atoms with Gasteiger partial charge < -0.3 is 9.90 Å². The van der Waals surface area contributed by atoms with Gasteiger partial charge in [0.25, 0.3) is 0 Å². The van der Waals surface area contributed by atoms with Gasteiger partial charge in [-0.15, -0.1) is 23.5 Å². The fraction of sp³-hybridized carbons (Fsp3) is 0.308. The molecule has 0 aliphatic heterocycles. The summed E-state index contributed by atoms with van der Waals surface area (Å²) in [5, 5.41) is 7.78. The average Bonchev–Trinajstić information content (AvgIpc) is 3.12. The Labute approximate surface area is 221 Å². The van der Waals surface area contributed by atoms with Gasteiger partial charge in [-0.3, -0.25) is 4.79 Å². The second kappa shape index (κ2) is 14.4. The molecule has 0 amide bonds. The molecular weight excluding hydrogens is 495 g/mol. The SMILES string of the molecule is CC.O=[C-]O.[CH2-]c1ccc(C(=O)C(C)(C)Cc2sc(-c3ccccc3)nc2C)cc1C.[Y]. The number of aliphatic hydroxyl groups excluding tert-OH is 1. The summed E-state index contributed by atoms with van der Waals surface area (Å²) >= 11 is 1.68. The Morgan fingerprint density at radius 1 is 1.12 bits per heavy atom. The number of hydrogen-bond acceptors (Lipinski definition) is 4. The molecule has 3 rings (SSSR count). The average molecular weight is 527 g/mol. The molecule has 0 spiro atoms. The number of rotatable bonds is 5. The molecule has 0 aliphatic carbocycles. The summed E-state index contributed by atoms with van der Waals surface area (Å²) in [6.07, 6.45) is 0.688. The molecule has 0 fully saturated rings. The Kier molecular flexibility index (Phi) is 13.5. The molecule has 0 aliphatic rings. The Morgan fingerprint density at radius 2 is 1.69 bits per heavy atom. The number of ketones is 1. The number of aromatic nitrogens is 1. The van der Waals surface area contributed by atoms with Gasteiger partial charge in [-0.2, -0.15) is 24.1 Å². The maximum Gasteiger partial charge on any atom is 0.166 e. The number of Topliss-reactive ketones (excluding diaryl/α,β-unsaturated/α-hetero) is 1. The number of carbonyl (C=O) groups is 1. The van der Waals surface area contributed by atoms with E-state index in [-0.39, 0.29) is 38.5 Å². The molecule has 1 heterocycles.